The molecule has 4 nitrogen and oxygen atoms in total. The molecule has 0 unspecified atom stereocenters. The number of hydrogen-bond acceptors (Lipinski definition) is 4. The zero-order valence-corrected chi connectivity index (χ0v) is 15.3. The van der Waals surface area contributed by atoms with Crippen LogP contribution in [0.3, 0.4) is 0 Å². The molecule has 1 saturated heterocycles. The van der Waals surface area contributed by atoms with E-state index in [2.05, 4.69) is 43.6 Å². The van der Waals surface area contributed by atoms with E-state index in [9.17, 15) is 0 Å². The van der Waals surface area contributed by atoms with Crippen molar-refractivity contribution in [3.05, 3.63) is 23.8 Å². The largest absolute Gasteiger partial charge is 0.493 e. The molecule has 4 heteroatoms. The third-order valence-electron chi connectivity index (χ3n) is 4.73. The molecule has 0 bridgehead atoms. The lowest BCUT2D eigenvalue weighted by Crippen LogP contribution is -2.55. The number of ether oxygens (including phenoxy) is 2. The van der Waals surface area contributed by atoms with Crippen molar-refractivity contribution in [3.63, 3.8) is 0 Å². The summed E-state index contributed by atoms with van der Waals surface area (Å²) >= 11 is 0. The number of rotatable bonds is 7. The van der Waals surface area contributed by atoms with Crippen molar-refractivity contribution in [1.82, 2.24) is 9.80 Å². The SMILES string of the molecule is CC[C@@H]1CN(CCOc2ccc(C)cc2OC)CCN1C(C)C. The van der Waals surface area contributed by atoms with Gasteiger partial charge in [0.2, 0.25) is 0 Å². The maximum Gasteiger partial charge on any atom is 0.161 e. The highest BCUT2D eigenvalue weighted by Gasteiger charge is 2.27. The average Bonchev–Trinajstić information content (AvgIpc) is 2.55. The molecule has 1 fully saturated rings. The van der Waals surface area contributed by atoms with E-state index in [4.69, 9.17) is 9.47 Å². The average molecular weight is 320 g/mol. The normalized spacial score (nSPS) is 20.0. The van der Waals surface area contributed by atoms with Gasteiger partial charge >= 0.3 is 0 Å². The first-order valence-corrected chi connectivity index (χ1v) is 8.80. The van der Waals surface area contributed by atoms with Crippen molar-refractivity contribution < 1.29 is 9.47 Å². The van der Waals surface area contributed by atoms with Gasteiger partial charge in [-0.2, -0.15) is 0 Å². The van der Waals surface area contributed by atoms with E-state index in [-0.39, 0.29) is 0 Å². The number of methoxy groups -OCH3 is 1. The third-order valence-corrected chi connectivity index (χ3v) is 4.73. The summed E-state index contributed by atoms with van der Waals surface area (Å²) in [4.78, 5) is 5.15. The summed E-state index contributed by atoms with van der Waals surface area (Å²) < 4.78 is 11.3. The summed E-state index contributed by atoms with van der Waals surface area (Å²) in [6.45, 7) is 14.0. The van der Waals surface area contributed by atoms with Gasteiger partial charge in [0.05, 0.1) is 7.11 Å². The zero-order valence-electron chi connectivity index (χ0n) is 15.3. The van der Waals surface area contributed by atoms with Gasteiger partial charge in [-0.15, -0.1) is 0 Å². The molecule has 1 aromatic carbocycles. The van der Waals surface area contributed by atoms with Crippen LogP contribution in [0.2, 0.25) is 0 Å². The fourth-order valence-electron chi connectivity index (χ4n) is 3.36. The van der Waals surface area contributed by atoms with E-state index in [0.717, 1.165) is 37.7 Å². The van der Waals surface area contributed by atoms with Gasteiger partial charge < -0.3 is 9.47 Å². The summed E-state index contributed by atoms with van der Waals surface area (Å²) in [6, 6.07) is 7.38. The molecule has 1 aliphatic rings. The molecule has 2 rings (SSSR count). The molecular weight excluding hydrogens is 288 g/mol. The van der Waals surface area contributed by atoms with Crippen LogP contribution in [0.4, 0.5) is 0 Å². The lowest BCUT2D eigenvalue weighted by molar-refractivity contribution is 0.0431. The molecule has 0 spiro atoms. The first kappa shape index (κ1) is 18.1. The highest BCUT2D eigenvalue weighted by Crippen LogP contribution is 2.27. The van der Waals surface area contributed by atoms with E-state index >= 15 is 0 Å². The first-order chi connectivity index (χ1) is 11.0. The van der Waals surface area contributed by atoms with Crippen molar-refractivity contribution >= 4 is 0 Å². The number of aryl methyl sites for hydroxylation is 1. The van der Waals surface area contributed by atoms with Gasteiger partial charge in [0.25, 0.3) is 0 Å². The van der Waals surface area contributed by atoms with E-state index in [0.29, 0.717) is 18.7 Å². The predicted octanol–water partition coefficient (Wildman–Crippen LogP) is 3.19. The molecule has 130 valence electrons. The maximum atomic E-state index is 5.95. The van der Waals surface area contributed by atoms with Crippen LogP contribution in [0.1, 0.15) is 32.8 Å². The van der Waals surface area contributed by atoms with Crippen LogP contribution in [0.15, 0.2) is 18.2 Å². The number of hydrogen-bond donors (Lipinski definition) is 0. The minimum Gasteiger partial charge on any atom is -0.493 e. The van der Waals surface area contributed by atoms with Crippen LogP contribution in [-0.4, -0.2) is 61.8 Å². The second-order valence-electron chi connectivity index (χ2n) is 6.70. The van der Waals surface area contributed by atoms with E-state index < -0.39 is 0 Å². The summed E-state index contributed by atoms with van der Waals surface area (Å²) in [5.41, 5.74) is 1.18. The molecule has 0 amide bonds. The Bertz CT molecular complexity index is 490. The van der Waals surface area contributed by atoms with Crippen LogP contribution in [0, 0.1) is 6.92 Å². The van der Waals surface area contributed by atoms with Gasteiger partial charge in [-0.3, -0.25) is 9.80 Å². The highest BCUT2D eigenvalue weighted by atomic mass is 16.5. The number of benzene rings is 1. The molecular formula is C19H32N2O2. The smallest absolute Gasteiger partial charge is 0.161 e. The summed E-state index contributed by atoms with van der Waals surface area (Å²) in [5.74, 6) is 1.66. The van der Waals surface area contributed by atoms with Gasteiger partial charge in [-0.25, -0.2) is 0 Å². The molecule has 1 aromatic rings. The Balaban J connectivity index is 1.83. The Morgan fingerprint density at radius 1 is 1.22 bits per heavy atom. The Morgan fingerprint density at radius 2 is 2.00 bits per heavy atom. The number of nitrogens with zero attached hydrogens (tertiary/aromatic N) is 2. The Labute approximate surface area is 141 Å². The fourth-order valence-corrected chi connectivity index (χ4v) is 3.36. The van der Waals surface area contributed by atoms with Crippen LogP contribution >= 0.6 is 0 Å². The molecule has 1 heterocycles. The Morgan fingerprint density at radius 3 is 2.65 bits per heavy atom. The van der Waals surface area contributed by atoms with Gasteiger partial charge in [0.1, 0.15) is 6.61 Å². The molecule has 0 radical (unpaired) electrons. The second-order valence-corrected chi connectivity index (χ2v) is 6.70. The maximum absolute atomic E-state index is 5.95. The number of piperazine rings is 1. The van der Waals surface area contributed by atoms with E-state index in [1.807, 2.05) is 12.1 Å². The van der Waals surface area contributed by atoms with Crippen molar-refractivity contribution in [2.45, 2.75) is 46.2 Å². The molecule has 1 atom stereocenters. The van der Waals surface area contributed by atoms with Crippen molar-refractivity contribution in [2.75, 3.05) is 39.9 Å². The zero-order chi connectivity index (χ0) is 16.8. The first-order valence-electron chi connectivity index (χ1n) is 8.80. The summed E-state index contributed by atoms with van der Waals surface area (Å²) in [6.07, 6.45) is 1.21. The fraction of sp³-hybridized carbons (Fsp3) is 0.684. The lowest BCUT2D eigenvalue weighted by Gasteiger charge is -2.43. The van der Waals surface area contributed by atoms with Crippen molar-refractivity contribution in [3.8, 4) is 11.5 Å². The van der Waals surface area contributed by atoms with Crippen LogP contribution in [-0.2, 0) is 0 Å². The molecule has 0 saturated carbocycles. The predicted molar refractivity (Wildman–Crippen MR) is 95.6 cm³/mol. The van der Waals surface area contributed by atoms with E-state index in [1.165, 1.54) is 12.0 Å². The summed E-state index contributed by atoms with van der Waals surface area (Å²) in [7, 11) is 1.69. The quantitative estimate of drug-likeness (QED) is 0.770. The van der Waals surface area contributed by atoms with Gasteiger partial charge in [0, 0.05) is 38.3 Å². The van der Waals surface area contributed by atoms with Gasteiger partial charge in [0.15, 0.2) is 11.5 Å². The van der Waals surface area contributed by atoms with Crippen LogP contribution in [0.5, 0.6) is 11.5 Å². The Hall–Kier alpha value is -1.26. The van der Waals surface area contributed by atoms with Crippen molar-refractivity contribution in [2.24, 2.45) is 0 Å². The lowest BCUT2D eigenvalue weighted by atomic mass is 10.1. The van der Waals surface area contributed by atoms with Gasteiger partial charge in [-0.1, -0.05) is 13.0 Å². The van der Waals surface area contributed by atoms with Crippen LogP contribution < -0.4 is 9.47 Å². The highest BCUT2D eigenvalue weighted by molar-refractivity contribution is 5.42. The minimum absolute atomic E-state index is 0.634. The van der Waals surface area contributed by atoms with Crippen molar-refractivity contribution in [1.29, 1.82) is 0 Å². The van der Waals surface area contributed by atoms with Crippen LogP contribution in [0.25, 0.3) is 0 Å². The topological polar surface area (TPSA) is 24.9 Å². The molecule has 23 heavy (non-hydrogen) atoms. The summed E-state index contributed by atoms with van der Waals surface area (Å²) in [5, 5.41) is 0. The second kappa shape index (κ2) is 8.55. The third kappa shape index (κ3) is 4.85. The molecule has 1 aliphatic heterocycles. The molecule has 0 aromatic heterocycles. The Kier molecular flexibility index (Phi) is 6.72. The molecule has 0 aliphatic carbocycles. The minimum atomic E-state index is 0.634. The standard InChI is InChI=1S/C19H32N2O2/c1-6-17-14-20(9-10-21(17)15(2)3)11-12-23-18-8-7-16(4)13-19(18)22-5/h7-8,13,15,17H,6,9-12,14H2,1-5H3/t17-/m1/s1. The molecule has 0 N–H and O–H groups in total. The monoisotopic (exact) mass is 320 g/mol. The van der Waals surface area contributed by atoms with Gasteiger partial charge in [-0.05, 0) is 44.9 Å². The van der Waals surface area contributed by atoms with E-state index in [1.54, 1.807) is 7.11 Å².